The molecule has 4 nitrogen and oxygen atoms in total. The minimum atomic E-state index is -0.346. The Morgan fingerprint density at radius 1 is 1.22 bits per heavy atom. The molecule has 1 aliphatic rings. The first-order chi connectivity index (χ1) is 10.4. The predicted molar refractivity (Wildman–Crippen MR) is 96.0 cm³/mol. The molecule has 3 rings (SSSR count). The van der Waals surface area contributed by atoms with Gasteiger partial charge in [-0.2, -0.15) is 4.98 Å². The largest absolute Gasteiger partial charge is 0.338 e. The lowest BCUT2D eigenvalue weighted by molar-refractivity contribution is 0.229. The molecule has 0 aliphatic heterocycles. The van der Waals surface area contributed by atoms with Gasteiger partial charge in [0.15, 0.2) is 5.82 Å². The Hall–Kier alpha value is -1.04. The fourth-order valence-corrected chi connectivity index (χ4v) is 3.23. The van der Waals surface area contributed by atoms with Crippen LogP contribution in [0.3, 0.4) is 0 Å². The van der Waals surface area contributed by atoms with Crippen LogP contribution < -0.4 is 5.73 Å². The average molecular weight is 354 g/mol. The van der Waals surface area contributed by atoms with Gasteiger partial charge in [-0.3, -0.25) is 0 Å². The lowest BCUT2D eigenvalue weighted by atomic mass is 9.77. The topological polar surface area (TPSA) is 64.9 Å². The van der Waals surface area contributed by atoms with Gasteiger partial charge in [-0.05, 0) is 42.4 Å². The minimum Gasteiger partial charge on any atom is -0.338 e. The summed E-state index contributed by atoms with van der Waals surface area (Å²) in [7, 11) is 0. The van der Waals surface area contributed by atoms with Crippen molar-refractivity contribution in [1.29, 1.82) is 0 Å². The van der Waals surface area contributed by atoms with Gasteiger partial charge < -0.3 is 10.3 Å². The third kappa shape index (κ3) is 4.08. The summed E-state index contributed by atoms with van der Waals surface area (Å²) < 4.78 is 5.32. The smallest absolute Gasteiger partial charge is 0.237 e. The molecule has 0 unspecified atom stereocenters. The van der Waals surface area contributed by atoms with E-state index in [9.17, 15) is 0 Å². The zero-order valence-corrected chi connectivity index (χ0v) is 15.5. The molecule has 1 aromatic carbocycles. The van der Waals surface area contributed by atoms with Crippen LogP contribution in [0.1, 0.15) is 57.3 Å². The molecule has 0 atom stereocenters. The summed E-state index contributed by atoms with van der Waals surface area (Å²) >= 11 is 1.71. The van der Waals surface area contributed by atoms with E-state index < -0.39 is 0 Å². The van der Waals surface area contributed by atoms with Gasteiger partial charge in [-0.25, -0.2) is 0 Å². The van der Waals surface area contributed by atoms with Crippen LogP contribution in [0.5, 0.6) is 0 Å². The van der Waals surface area contributed by atoms with Crippen molar-refractivity contribution in [3.63, 3.8) is 0 Å². The number of nitrogens with zero attached hydrogens (tertiary/aromatic N) is 2. The molecule has 0 spiro atoms. The van der Waals surface area contributed by atoms with Crippen molar-refractivity contribution in [3.05, 3.63) is 41.5 Å². The zero-order valence-electron chi connectivity index (χ0n) is 13.8. The molecule has 0 saturated heterocycles. The lowest BCUT2D eigenvalue weighted by Gasteiger charge is -2.34. The van der Waals surface area contributed by atoms with Gasteiger partial charge in [0.1, 0.15) is 0 Å². The average Bonchev–Trinajstić information content (AvgIpc) is 2.91. The summed E-state index contributed by atoms with van der Waals surface area (Å²) in [5, 5.41) is 4.04. The molecule has 2 N–H and O–H groups in total. The van der Waals surface area contributed by atoms with E-state index in [1.54, 1.807) is 11.8 Å². The molecule has 0 bridgehead atoms. The van der Waals surface area contributed by atoms with Crippen molar-refractivity contribution >= 4 is 24.2 Å². The fourth-order valence-electron chi connectivity index (χ4n) is 2.49. The molecule has 1 heterocycles. The molecule has 0 radical (unpaired) electrons. The van der Waals surface area contributed by atoms with Gasteiger partial charge >= 0.3 is 0 Å². The second kappa shape index (κ2) is 6.83. The van der Waals surface area contributed by atoms with E-state index in [2.05, 4.69) is 55.2 Å². The molecular formula is C17H24ClN3OS. The molecule has 126 valence electrons. The van der Waals surface area contributed by atoms with Gasteiger partial charge in [0, 0.05) is 4.90 Å². The first kappa shape index (κ1) is 18.3. The maximum absolute atomic E-state index is 6.21. The van der Waals surface area contributed by atoms with Crippen molar-refractivity contribution in [2.45, 2.75) is 61.6 Å². The fraction of sp³-hybridized carbons (Fsp3) is 0.529. The molecule has 2 aromatic rings. The predicted octanol–water partition coefficient (Wildman–Crippen LogP) is 4.42. The summed E-state index contributed by atoms with van der Waals surface area (Å²) in [5.74, 6) is 1.99. The normalized spacial score (nSPS) is 16.5. The molecule has 1 saturated carbocycles. The number of rotatable bonds is 4. The van der Waals surface area contributed by atoms with Crippen LogP contribution in [0, 0.1) is 0 Å². The summed E-state index contributed by atoms with van der Waals surface area (Å²) in [6.45, 7) is 6.66. The van der Waals surface area contributed by atoms with Crippen LogP contribution in [0.15, 0.2) is 33.7 Å². The highest BCUT2D eigenvalue weighted by atomic mass is 35.5. The van der Waals surface area contributed by atoms with E-state index in [0.29, 0.717) is 17.5 Å². The van der Waals surface area contributed by atoms with Crippen LogP contribution in [0.25, 0.3) is 0 Å². The van der Waals surface area contributed by atoms with Crippen molar-refractivity contribution in [2.24, 2.45) is 5.73 Å². The number of thioether (sulfide) groups is 1. The van der Waals surface area contributed by atoms with Gasteiger partial charge in [-0.15, -0.1) is 24.2 Å². The highest BCUT2D eigenvalue weighted by Crippen LogP contribution is 2.37. The number of hydrogen-bond acceptors (Lipinski definition) is 5. The first-order valence-corrected chi connectivity index (χ1v) is 8.71. The maximum Gasteiger partial charge on any atom is 0.237 e. The van der Waals surface area contributed by atoms with Crippen LogP contribution in [0.4, 0.5) is 0 Å². The van der Waals surface area contributed by atoms with Crippen molar-refractivity contribution in [2.75, 3.05) is 0 Å². The SMILES string of the molecule is CC(C)(C)c1ccc(SCc2nc(C3(N)CCC3)no2)cc1.Cl. The Morgan fingerprint density at radius 2 is 1.87 bits per heavy atom. The Labute approximate surface area is 148 Å². The number of nitrogens with two attached hydrogens (primary N) is 1. The van der Waals surface area contributed by atoms with Crippen LogP contribution >= 0.6 is 24.2 Å². The van der Waals surface area contributed by atoms with Crippen LogP contribution in [0.2, 0.25) is 0 Å². The third-order valence-electron chi connectivity index (χ3n) is 4.24. The van der Waals surface area contributed by atoms with Crippen LogP contribution in [-0.4, -0.2) is 10.1 Å². The molecule has 23 heavy (non-hydrogen) atoms. The number of hydrogen-bond donors (Lipinski definition) is 1. The second-order valence-electron chi connectivity index (χ2n) is 7.08. The number of halogens is 1. The van der Waals surface area contributed by atoms with E-state index in [1.807, 2.05) is 0 Å². The van der Waals surface area contributed by atoms with Gasteiger partial charge in [0.25, 0.3) is 0 Å². The molecule has 1 aromatic heterocycles. The Kier molecular flexibility index (Phi) is 5.44. The molecule has 0 amide bonds. The van der Waals surface area contributed by atoms with Crippen LogP contribution in [-0.2, 0) is 16.7 Å². The van der Waals surface area contributed by atoms with Gasteiger partial charge in [0.05, 0.1) is 11.3 Å². The molecule has 1 aliphatic carbocycles. The summed E-state index contributed by atoms with van der Waals surface area (Å²) in [4.78, 5) is 5.66. The highest BCUT2D eigenvalue weighted by molar-refractivity contribution is 7.98. The molecular weight excluding hydrogens is 330 g/mol. The number of aromatic nitrogens is 2. The monoisotopic (exact) mass is 353 g/mol. The Morgan fingerprint density at radius 3 is 2.39 bits per heavy atom. The quantitative estimate of drug-likeness (QED) is 0.824. The summed E-state index contributed by atoms with van der Waals surface area (Å²) in [6, 6.07) is 8.67. The molecule has 1 fully saturated rings. The van der Waals surface area contributed by atoms with E-state index in [0.717, 1.165) is 19.3 Å². The van der Waals surface area contributed by atoms with Gasteiger partial charge in [-0.1, -0.05) is 38.1 Å². The first-order valence-electron chi connectivity index (χ1n) is 7.72. The van der Waals surface area contributed by atoms with Crippen molar-refractivity contribution in [3.8, 4) is 0 Å². The van der Waals surface area contributed by atoms with E-state index >= 15 is 0 Å². The summed E-state index contributed by atoms with van der Waals surface area (Å²) in [6.07, 6.45) is 3.05. The van der Waals surface area contributed by atoms with Crippen molar-refractivity contribution < 1.29 is 4.52 Å². The summed E-state index contributed by atoms with van der Waals surface area (Å²) in [5.41, 5.74) is 7.39. The minimum absolute atomic E-state index is 0. The maximum atomic E-state index is 6.21. The third-order valence-corrected chi connectivity index (χ3v) is 5.24. The second-order valence-corrected chi connectivity index (χ2v) is 8.13. The Balaban J connectivity index is 0.00000192. The van der Waals surface area contributed by atoms with Crippen molar-refractivity contribution in [1.82, 2.24) is 10.1 Å². The highest BCUT2D eigenvalue weighted by Gasteiger charge is 2.38. The zero-order chi connectivity index (χ0) is 15.8. The Bertz CT molecular complexity index is 645. The van der Waals surface area contributed by atoms with E-state index in [1.165, 1.54) is 10.5 Å². The number of benzene rings is 1. The van der Waals surface area contributed by atoms with E-state index in [4.69, 9.17) is 10.3 Å². The molecule has 6 heteroatoms. The van der Waals surface area contributed by atoms with E-state index in [-0.39, 0.29) is 23.4 Å². The van der Waals surface area contributed by atoms with Gasteiger partial charge in [0.2, 0.25) is 5.89 Å². The lowest BCUT2D eigenvalue weighted by Crippen LogP contribution is -2.44. The standard InChI is InChI=1S/C17H23N3OS.ClH/c1-16(2,3)12-5-7-13(8-6-12)22-11-14-19-15(20-21-14)17(18)9-4-10-17;/h5-8H,4,9-11,18H2,1-3H3;1H.